The van der Waals surface area contributed by atoms with Crippen molar-refractivity contribution < 1.29 is 4.79 Å². The van der Waals surface area contributed by atoms with Crippen LogP contribution in [0.2, 0.25) is 0 Å². The second-order valence-electron chi connectivity index (χ2n) is 5.77. The van der Waals surface area contributed by atoms with Crippen LogP contribution < -0.4 is 11.1 Å². The number of unbranched alkanes of at least 4 members (excludes halogenated alkanes) is 7. The van der Waals surface area contributed by atoms with Crippen molar-refractivity contribution in [1.29, 1.82) is 0 Å². The Morgan fingerprint density at radius 2 is 1.67 bits per heavy atom. The number of benzene rings is 1. The highest BCUT2D eigenvalue weighted by Gasteiger charge is 2.09. The highest BCUT2D eigenvalue weighted by atomic mass is 16.1. The molecule has 0 spiro atoms. The van der Waals surface area contributed by atoms with Crippen molar-refractivity contribution in [1.82, 2.24) is 5.32 Å². The molecule has 0 aliphatic rings. The van der Waals surface area contributed by atoms with Gasteiger partial charge in [0.2, 0.25) is 0 Å². The Kier molecular flexibility index (Phi) is 8.56. The molecule has 0 radical (unpaired) electrons. The largest absolute Gasteiger partial charge is 0.398 e. The monoisotopic (exact) mass is 290 g/mol. The van der Waals surface area contributed by atoms with Crippen LogP contribution in [0.5, 0.6) is 0 Å². The van der Waals surface area contributed by atoms with Crippen LogP contribution in [0.1, 0.15) is 74.2 Å². The third-order valence-corrected chi connectivity index (χ3v) is 3.88. The first-order valence-electron chi connectivity index (χ1n) is 8.30. The fourth-order valence-corrected chi connectivity index (χ4v) is 2.43. The molecule has 0 fully saturated rings. The van der Waals surface area contributed by atoms with Gasteiger partial charge >= 0.3 is 0 Å². The number of amides is 1. The van der Waals surface area contributed by atoms with Crippen LogP contribution in [0.15, 0.2) is 18.2 Å². The van der Waals surface area contributed by atoms with E-state index < -0.39 is 0 Å². The highest BCUT2D eigenvalue weighted by Crippen LogP contribution is 2.16. The molecule has 21 heavy (non-hydrogen) atoms. The third-order valence-electron chi connectivity index (χ3n) is 3.88. The van der Waals surface area contributed by atoms with E-state index in [9.17, 15) is 4.79 Å². The van der Waals surface area contributed by atoms with E-state index in [1.54, 1.807) is 6.07 Å². The molecule has 3 N–H and O–H groups in total. The Morgan fingerprint density at radius 3 is 2.33 bits per heavy atom. The molecule has 0 heterocycles. The van der Waals surface area contributed by atoms with Crippen LogP contribution in [0, 0.1) is 6.92 Å². The predicted molar refractivity (Wildman–Crippen MR) is 90.5 cm³/mol. The first-order valence-corrected chi connectivity index (χ1v) is 8.30. The van der Waals surface area contributed by atoms with Gasteiger partial charge in [-0.1, -0.05) is 64.0 Å². The minimum absolute atomic E-state index is 0.0563. The molecule has 0 aliphatic heterocycles. The lowest BCUT2D eigenvalue weighted by molar-refractivity contribution is 0.0953. The summed E-state index contributed by atoms with van der Waals surface area (Å²) in [4.78, 5) is 12.0. The molecule has 0 saturated carbocycles. The van der Waals surface area contributed by atoms with E-state index in [1.165, 1.54) is 44.9 Å². The maximum Gasteiger partial charge on any atom is 0.253 e. The van der Waals surface area contributed by atoms with E-state index in [2.05, 4.69) is 12.2 Å². The molecule has 3 heteroatoms. The van der Waals surface area contributed by atoms with Crippen LogP contribution in [-0.4, -0.2) is 12.5 Å². The van der Waals surface area contributed by atoms with Crippen LogP contribution >= 0.6 is 0 Å². The molecule has 1 aromatic carbocycles. The predicted octanol–water partition coefficient (Wildman–Crippen LogP) is 4.45. The van der Waals surface area contributed by atoms with Crippen molar-refractivity contribution in [2.45, 2.75) is 65.2 Å². The number of anilines is 1. The molecule has 0 unspecified atom stereocenters. The average Bonchev–Trinajstić information content (AvgIpc) is 2.48. The zero-order valence-corrected chi connectivity index (χ0v) is 13.6. The number of hydrogen-bond acceptors (Lipinski definition) is 2. The topological polar surface area (TPSA) is 55.1 Å². The zero-order valence-electron chi connectivity index (χ0n) is 13.6. The number of nitrogens with one attached hydrogen (secondary N) is 1. The summed E-state index contributed by atoms with van der Waals surface area (Å²) in [6, 6.07) is 5.58. The Labute approximate surface area is 129 Å². The van der Waals surface area contributed by atoms with Crippen molar-refractivity contribution in [3.63, 3.8) is 0 Å². The summed E-state index contributed by atoms with van der Waals surface area (Å²) >= 11 is 0. The molecule has 1 amide bonds. The molecular weight excluding hydrogens is 260 g/mol. The summed E-state index contributed by atoms with van der Waals surface area (Å²) < 4.78 is 0. The maximum atomic E-state index is 12.0. The van der Waals surface area contributed by atoms with Gasteiger partial charge in [0.05, 0.1) is 5.56 Å². The Morgan fingerprint density at radius 1 is 1.05 bits per heavy atom. The van der Waals surface area contributed by atoms with E-state index in [0.717, 1.165) is 18.5 Å². The van der Waals surface area contributed by atoms with Crippen LogP contribution in [0.3, 0.4) is 0 Å². The standard InChI is InChI=1S/C18H30N2O/c1-3-4-5-6-7-8-9-10-14-20-18(21)16-13-11-12-15(2)17(16)19/h11-13H,3-10,14,19H2,1-2H3,(H,20,21). The molecule has 0 aromatic heterocycles. The smallest absolute Gasteiger partial charge is 0.253 e. The van der Waals surface area contributed by atoms with E-state index in [-0.39, 0.29) is 5.91 Å². The first kappa shape index (κ1) is 17.5. The van der Waals surface area contributed by atoms with Crippen molar-refractivity contribution in [3.8, 4) is 0 Å². The fourth-order valence-electron chi connectivity index (χ4n) is 2.43. The number of carbonyl (C=O) groups is 1. The lowest BCUT2D eigenvalue weighted by atomic mass is 10.1. The quantitative estimate of drug-likeness (QED) is 0.494. The molecule has 118 valence electrons. The van der Waals surface area contributed by atoms with Gasteiger partial charge in [-0.25, -0.2) is 0 Å². The number of carbonyl (C=O) groups excluding carboxylic acids is 1. The molecule has 0 aliphatic carbocycles. The lowest BCUT2D eigenvalue weighted by Gasteiger charge is -2.09. The second kappa shape index (κ2) is 10.3. The van der Waals surface area contributed by atoms with Gasteiger partial charge in [0.1, 0.15) is 0 Å². The summed E-state index contributed by atoms with van der Waals surface area (Å²) in [6.07, 6.45) is 10.2. The minimum Gasteiger partial charge on any atom is -0.398 e. The van der Waals surface area contributed by atoms with Crippen LogP contribution in [0.4, 0.5) is 5.69 Å². The van der Waals surface area contributed by atoms with Gasteiger partial charge in [0, 0.05) is 12.2 Å². The molecule has 0 saturated heterocycles. The van der Waals surface area contributed by atoms with Gasteiger partial charge in [0.25, 0.3) is 5.91 Å². The molecule has 3 nitrogen and oxygen atoms in total. The summed E-state index contributed by atoms with van der Waals surface area (Å²) in [5.41, 5.74) is 8.07. The Bertz CT molecular complexity index is 429. The minimum atomic E-state index is -0.0563. The van der Waals surface area contributed by atoms with Gasteiger partial charge in [-0.2, -0.15) is 0 Å². The third kappa shape index (κ3) is 6.65. The normalized spacial score (nSPS) is 10.6. The molecular formula is C18H30N2O. The number of nitrogen functional groups attached to an aromatic ring is 1. The van der Waals surface area contributed by atoms with Crippen molar-refractivity contribution >= 4 is 11.6 Å². The fraction of sp³-hybridized carbons (Fsp3) is 0.611. The Balaban J connectivity index is 2.13. The summed E-state index contributed by atoms with van der Waals surface area (Å²) in [5.74, 6) is -0.0563. The van der Waals surface area contributed by atoms with Gasteiger partial charge in [0.15, 0.2) is 0 Å². The summed E-state index contributed by atoms with van der Waals surface area (Å²) in [7, 11) is 0. The molecule has 1 rings (SSSR count). The zero-order chi connectivity index (χ0) is 15.5. The van der Waals surface area contributed by atoms with Gasteiger partial charge in [-0.15, -0.1) is 0 Å². The maximum absolute atomic E-state index is 12.0. The van der Waals surface area contributed by atoms with Crippen molar-refractivity contribution in [2.75, 3.05) is 12.3 Å². The lowest BCUT2D eigenvalue weighted by Crippen LogP contribution is -2.25. The Hall–Kier alpha value is -1.51. The number of rotatable bonds is 10. The van der Waals surface area contributed by atoms with E-state index in [4.69, 9.17) is 5.73 Å². The van der Waals surface area contributed by atoms with Crippen molar-refractivity contribution in [2.24, 2.45) is 0 Å². The van der Waals surface area contributed by atoms with Crippen LogP contribution in [0.25, 0.3) is 0 Å². The molecule has 0 atom stereocenters. The van der Waals surface area contributed by atoms with Crippen molar-refractivity contribution in [3.05, 3.63) is 29.3 Å². The summed E-state index contributed by atoms with van der Waals surface area (Å²) in [5, 5.41) is 2.96. The summed E-state index contributed by atoms with van der Waals surface area (Å²) in [6.45, 7) is 4.90. The number of nitrogens with two attached hydrogens (primary N) is 1. The highest BCUT2D eigenvalue weighted by molar-refractivity contribution is 5.99. The second-order valence-corrected chi connectivity index (χ2v) is 5.77. The molecule has 1 aromatic rings. The number of hydrogen-bond donors (Lipinski definition) is 2. The van der Waals surface area contributed by atoms with E-state index >= 15 is 0 Å². The SMILES string of the molecule is CCCCCCCCCCNC(=O)c1cccc(C)c1N. The number of para-hydroxylation sites is 1. The first-order chi connectivity index (χ1) is 10.2. The van der Waals surface area contributed by atoms with E-state index in [0.29, 0.717) is 11.3 Å². The molecule has 0 bridgehead atoms. The number of aryl methyl sites for hydroxylation is 1. The average molecular weight is 290 g/mol. The van der Waals surface area contributed by atoms with Gasteiger partial charge in [-0.3, -0.25) is 4.79 Å². The van der Waals surface area contributed by atoms with Crippen LogP contribution in [-0.2, 0) is 0 Å². The van der Waals surface area contributed by atoms with Gasteiger partial charge in [-0.05, 0) is 25.0 Å². The van der Waals surface area contributed by atoms with Gasteiger partial charge < -0.3 is 11.1 Å². The van der Waals surface area contributed by atoms with E-state index in [1.807, 2.05) is 19.1 Å².